The lowest BCUT2D eigenvalue weighted by Gasteiger charge is -2.15. The molecule has 6 nitrogen and oxygen atoms in total. The van der Waals surface area contributed by atoms with Gasteiger partial charge in [-0.3, -0.25) is 0 Å². The van der Waals surface area contributed by atoms with Crippen molar-refractivity contribution in [3.05, 3.63) is 101 Å². The molecule has 6 heteroatoms. The van der Waals surface area contributed by atoms with Crippen LogP contribution < -0.4 is 10.4 Å². The van der Waals surface area contributed by atoms with Crippen LogP contribution in [-0.2, 0) is 6.54 Å². The first kappa shape index (κ1) is 19.5. The number of nitrogens with zero attached hydrogens (tertiary/aromatic N) is 3. The normalized spacial score (nSPS) is 11.8. The monoisotopic (exact) mass is 399 g/mol. The van der Waals surface area contributed by atoms with Crippen molar-refractivity contribution in [2.75, 3.05) is 6.61 Å². The van der Waals surface area contributed by atoms with Crippen LogP contribution in [0.15, 0.2) is 95.8 Å². The van der Waals surface area contributed by atoms with Crippen LogP contribution in [-0.4, -0.2) is 32.6 Å². The Morgan fingerprint density at radius 3 is 1.93 bits per heavy atom. The van der Waals surface area contributed by atoms with E-state index in [1.807, 2.05) is 78.9 Å². The van der Waals surface area contributed by atoms with Gasteiger partial charge in [0.05, 0.1) is 6.54 Å². The number of rotatable bonds is 7. The van der Waals surface area contributed by atoms with Crippen molar-refractivity contribution in [2.45, 2.75) is 12.6 Å². The molecule has 0 radical (unpaired) electrons. The Morgan fingerprint density at radius 2 is 1.33 bits per heavy atom. The molecular formula is C24H21N3O3. The average Bonchev–Trinajstić information content (AvgIpc) is 2.80. The van der Waals surface area contributed by atoms with Crippen LogP contribution in [0.3, 0.4) is 0 Å². The highest BCUT2D eigenvalue weighted by Crippen LogP contribution is 2.27. The van der Waals surface area contributed by atoms with E-state index < -0.39 is 11.8 Å². The van der Waals surface area contributed by atoms with E-state index in [1.54, 1.807) is 12.1 Å². The zero-order chi connectivity index (χ0) is 20.8. The fraction of sp³-hybridized carbons (Fsp3) is 0.125. The summed E-state index contributed by atoms with van der Waals surface area (Å²) in [6, 6.07) is 28.2. The van der Waals surface area contributed by atoms with E-state index in [2.05, 4.69) is 10.1 Å². The van der Waals surface area contributed by atoms with Crippen molar-refractivity contribution in [1.29, 1.82) is 0 Å². The topological polar surface area (TPSA) is 77.2 Å². The number of hydrogen-bond donors (Lipinski definition) is 1. The molecule has 30 heavy (non-hydrogen) atoms. The van der Waals surface area contributed by atoms with Gasteiger partial charge in [0.1, 0.15) is 29.8 Å². The van der Waals surface area contributed by atoms with Gasteiger partial charge in [0, 0.05) is 11.1 Å². The predicted molar refractivity (Wildman–Crippen MR) is 115 cm³/mol. The van der Waals surface area contributed by atoms with Gasteiger partial charge in [-0.25, -0.2) is 9.48 Å². The lowest BCUT2D eigenvalue weighted by molar-refractivity contribution is 0.0876. The van der Waals surface area contributed by atoms with Crippen LogP contribution >= 0.6 is 0 Å². The summed E-state index contributed by atoms with van der Waals surface area (Å²) in [6.07, 6.45) is -0.914. The van der Waals surface area contributed by atoms with E-state index in [9.17, 15) is 9.90 Å². The maximum Gasteiger partial charge on any atom is 0.364 e. The van der Waals surface area contributed by atoms with E-state index in [0.29, 0.717) is 17.1 Å². The van der Waals surface area contributed by atoms with Crippen molar-refractivity contribution < 1.29 is 9.84 Å². The maximum absolute atomic E-state index is 12.6. The van der Waals surface area contributed by atoms with Gasteiger partial charge in [-0.15, -0.1) is 0 Å². The van der Waals surface area contributed by atoms with Crippen LogP contribution in [0.4, 0.5) is 0 Å². The largest absolute Gasteiger partial charge is 0.491 e. The van der Waals surface area contributed by atoms with Gasteiger partial charge in [0.15, 0.2) is 0 Å². The molecule has 0 amide bonds. The standard InChI is InChI=1S/C24H21N3O3/c28-20(17-30-21-14-8-3-9-15-21)16-27-24(29)25-22(18-10-4-1-5-11-18)23(26-27)19-12-6-2-7-13-19/h1-15,20,28H,16-17H2. The molecule has 0 spiro atoms. The summed E-state index contributed by atoms with van der Waals surface area (Å²) in [5, 5.41) is 14.9. The van der Waals surface area contributed by atoms with Crippen molar-refractivity contribution in [1.82, 2.24) is 14.8 Å². The number of aliphatic hydroxyl groups excluding tert-OH is 1. The number of para-hydroxylation sites is 1. The van der Waals surface area contributed by atoms with Crippen molar-refractivity contribution in [3.8, 4) is 28.3 Å². The van der Waals surface area contributed by atoms with E-state index in [4.69, 9.17) is 4.74 Å². The van der Waals surface area contributed by atoms with E-state index in [0.717, 1.165) is 11.1 Å². The van der Waals surface area contributed by atoms with Gasteiger partial charge >= 0.3 is 5.69 Å². The van der Waals surface area contributed by atoms with Gasteiger partial charge in [-0.05, 0) is 12.1 Å². The number of hydrogen-bond acceptors (Lipinski definition) is 5. The first-order chi connectivity index (χ1) is 14.7. The molecule has 4 aromatic rings. The fourth-order valence-corrected chi connectivity index (χ4v) is 3.09. The molecule has 0 saturated carbocycles. The van der Waals surface area contributed by atoms with Crippen LogP contribution in [0.5, 0.6) is 5.75 Å². The highest BCUT2D eigenvalue weighted by atomic mass is 16.5. The Bertz CT molecular complexity index is 1150. The van der Waals surface area contributed by atoms with Crippen LogP contribution in [0, 0.1) is 0 Å². The molecule has 1 atom stereocenters. The van der Waals surface area contributed by atoms with Gasteiger partial charge in [-0.2, -0.15) is 10.1 Å². The summed E-state index contributed by atoms with van der Waals surface area (Å²) < 4.78 is 6.76. The highest BCUT2D eigenvalue weighted by Gasteiger charge is 2.16. The van der Waals surface area contributed by atoms with Crippen LogP contribution in [0.25, 0.3) is 22.5 Å². The minimum atomic E-state index is -0.914. The number of aromatic nitrogens is 3. The molecule has 0 aliphatic heterocycles. The third-order valence-electron chi connectivity index (χ3n) is 4.54. The average molecular weight is 399 g/mol. The molecule has 1 heterocycles. The summed E-state index contributed by atoms with van der Waals surface area (Å²) >= 11 is 0. The molecule has 150 valence electrons. The van der Waals surface area contributed by atoms with Crippen LogP contribution in [0.2, 0.25) is 0 Å². The van der Waals surface area contributed by atoms with Crippen molar-refractivity contribution >= 4 is 0 Å². The Kier molecular flexibility index (Phi) is 5.96. The lowest BCUT2D eigenvalue weighted by Crippen LogP contribution is -2.34. The third-order valence-corrected chi connectivity index (χ3v) is 4.54. The Hall–Kier alpha value is -3.77. The van der Waals surface area contributed by atoms with Crippen molar-refractivity contribution in [2.24, 2.45) is 0 Å². The Morgan fingerprint density at radius 1 is 0.800 bits per heavy atom. The Balaban J connectivity index is 1.63. The summed E-state index contributed by atoms with van der Waals surface area (Å²) in [7, 11) is 0. The first-order valence-corrected chi connectivity index (χ1v) is 9.66. The maximum atomic E-state index is 12.6. The third kappa shape index (κ3) is 4.61. The Labute approximate surface area is 174 Å². The second-order valence-electron chi connectivity index (χ2n) is 6.78. The molecule has 0 saturated heterocycles. The van der Waals surface area contributed by atoms with Crippen molar-refractivity contribution in [3.63, 3.8) is 0 Å². The van der Waals surface area contributed by atoms with Gasteiger partial charge in [0.25, 0.3) is 0 Å². The fourth-order valence-electron chi connectivity index (χ4n) is 3.09. The van der Waals surface area contributed by atoms with Gasteiger partial charge < -0.3 is 9.84 Å². The smallest absolute Gasteiger partial charge is 0.364 e. The quantitative estimate of drug-likeness (QED) is 0.515. The molecule has 1 unspecified atom stereocenters. The zero-order valence-electron chi connectivity index (χ0n) is 16.3. The minimum Gasteiger partial charge on any atom is -0.491 e. The summed E-state index contributed by atoms with van der Waals surface area (Å²) in [4.78, 5) is 16.9. The summed E-state index contributed by atoms with van der Waals surface area (Å²) in [5.41, 5.74) is 2.22. The minimum absolute atomic E-state index is 0.0203. The van der Waals surface area contributed by atoms with Gasteiger partial charge in [0.2, 0.25) is 0 Å². The SMILES string of the molecule is O=c1nc(-c2ccccc2)c(-c2ccccc2)nn1CC(O)COc1ccccc1. The molecule has 0 fully saturated rings. The molecule has 1 N–H and O–H groups in total. The number of benzene rings is 3. The highest BCUT2D eigenvalue weighted by molar-refractivity contribution is 5.77. The summed E-state index contributed by atoms with van der Waals surface area (Å²) in [5.74, 6) is 0.652. The number of aliphatic hydroxyl groups is 1. The van der Waals surface area contributed by atoms with Gasteiger partial charge in [-0.1, -0.05) is 78.9 Å². The lowest BCUT2D eigenvalue weighted by atomic mass is 10.0. The molecule has 0 aliphatic rings. The predicted octanol–water partition coefficient (Wildman–Crippen LogP) is 3.41. The molecular weight excluding hydrogens is 378 g/mol. The van der Waals surface area contributed by atoms with E-state index >= 15 is 0 Å². The van der Waals surface area contributed by atoms with E-state index in [1.165, 1.54) is 4.68 Å². The molecule has 0 aliphatic carbocycles. The van der Waals surface area contributed by atoms with E-state index in [-0.39, 0.29) is 13.2 Å². The molecule has 1 aromatic heterocycles. The molecule has 4 rings (SSSR count). The molecule has 0 bridgehead atoms. The first-order valence-electron chi connectivity index (χ1n) is 9.66. The molecule has 3 aromatic carbocycles. The van der Waals surface area contributed by atoms with Crippen LogP contribution in [0.1, 0.15) is 0 Å². The second kappa shape index (κ2) is 9.15. The zero-order valence-corrected chi connectivity index (χ0v) is 16.3. The number of ether oxygens (including phenoxy) is 1. The second-order valence-corrected chi connectivity index (χ2v) is 6.78. The summed E-state index contributed by atoms with van der Waals surface area (Å²) in [6.45, 7) is 0.0206.